The maximum absolute atomic E-state index is 12.0. The van der Waals surface area contributed by atoms with Crippen LogP contribution in [0.5, 0.6) is 0 Å². The van der Waals surface area contributed by atoms with Crippen molar-refractivity contribution in [1.82, 2.24) is 9.38 Å². The second-order valence-corrected chi connectivity index (χ2v) is 7.31. The number of fused-ring (bicyclic) bond motifs is 3. The molecule has 0 radical (unpaired) electrons. The molecule has 0 unspecified atom stereocenters. The molecule has 2 aliphatic rings. The van der Waals surface area contributed by atoms with E-state index in [4.69, 9.17) is 4.74 Å². The van der Waals surface area contributed by atoms with Gasteiger partial charge >= 0.3 is 5.97 Å². The van der Waals surface area contributed by atoms with Gasteiger partial charge < -0.3 is 4.74 Å². The second-order valence-electron chi connectivity index (χ2n) is 6.44. The summed E-state index contributed by atoms with van der Waals surface area (Å²) in [6, 6.07) is 1.44. The summed E-state index contributed by atoms with van der Waals surface area (Å²) < 4.78 is 6.82. The second kappa shape index (κ2) is 5.50. The summed E-state index contributed by atoms with van der Waals surface area (Å²) >= 11 is 1.40. The summed E-state index contributed by atoms with van der Waals surface area (Å²) in [7, 11) is 0. The lowest BCUT2D eigenvalue weighted by atomic mass is 9.86. The smallest absolute Gasteiger partial charge is 0.306 e. The Balaban J connectivity index is 1.37. The summed E-state index contributed by atoms with van der Waals surface area (Å²) in [6.07, 6.45) is 7.30. The van der Waals surface area contributed by atoms with E-state index >= 15 is 0 Å². The SMILES string of the molecule is O=C(C[C@H]1C[C@H]2CC[C@@H]1C2)OCc1cc(=O)n2ccsc2n1. The molecule has 22 heavy (non-hydrogen) atoms. The lowest BCUT2D eigenvalue weighted by molar-refractivity contribution is -0.146. The molecule has 3 atom stereocenters. The minimum absolute atomic E-state index is 0.0866. The van der Waals surface area contributed by atoms with Gasteiger partial charge in [0.2, 0.25) is 0 Å². The highest BCUT2D eigenvalue weighted by Crippen LogP contribution is 2.49. The highest BCUT2D eigenvalue weighted by molar-refractivity contribution is 7.15. The van der Waals surface area contributed by atoms with E-state index in [1.54, 1.807) is 6.20 Å². The van der Waals surface area contributed by atoms with Gasteiger partial charge in [-0.25, -0.2) is 4.98 Å². The summed E-state index contributed by atoms with van der Waals surface area (Å²) in [5, 5.41) is 1.81. The molecule has 2 aromatic rings. The largest absolute Gasteiger partial charge is 0.459 e. The Morgan fingerprint density at radius 2 is 2.32 bits per heavy atom. The highest BCUT2D eigenvalue weighted by atomic mass is 32.1. The van der Waals surface area contributed by atoms with E-state index < -0.39 is 0 Å². The molecule has 0 saturated heterocycles. The first-order valence-electron chi connectivity index (χ1n) is 7.80. The molecule has 2 aliphatic carbocycles. The van der Waals surface area contributed by atoms with Gasteiger partial charge in [-0.1, -0.05) is 6.42 Å². The van der Waals surface area contributed by atoms with Crippen molar-refractivity contribution in [2.24, 2.45) is 17.8 Å². The number of hydrogen-bond donors (Lipinski definition) is 0. The number of esters is 1. The van der Waals surface area contributed by atoms with Crippen molar-refractivity contribution in [3.8, 4) is 0 Å². The number of hydrogen-bond acceptors (Lipinski definition) is 5. The van der Waals surface area contributed by atoms with Crippen LogP contribution in [0, 0.1) is 17.8 Å². The Hall–Kier alpha value is -1.69. The van der Waals surface area contributed by atoms with E-state index in [9.17, 15) is 9.59 Å². The number of ether oxygens (including phenoxy) is 1. The zero-order chi connectivity index (χ0) is 15.1. The molecule has 0 amide bonds. The average molecular weight is 318 g/mol. The van der Waals surface area contributed by atoms with Crippen molar-refractivity contribution in [2.45, 2.75) is 38.7 Å². The third-order valence-electron chi connectivity index (χ3n) is 5.05. The Bertz CT molecular complexity index is 766. The van der Waals surface area contributed by atoms with Crippen molar-refractivity contribution in [2.75, 3.05) is 0 Å². The predicted octanol–water partition coefficient (Wildman–Crippen LogP) is 2.63. The van der Waals surface area contributed by atoms with E-state index in [1.807, 2.05) is 5.38 Å². The van der Waals surface area contributed by atoms with Gasteiger partial charge in [-0.2, -0.15) is 0 Å². The van der Waals surface area contributed by atoms with Crippen LogP contribution in [0.3, 0.4) is 0 Å². The quantitative estimate of drug-likeness (QED) is 0.813. The molecule has 0 spiro atoms. The average Bonchev–Trinajstić information content (AvgIpc) is 3.20. The van der Waals surface area contributed by atoms with Gasteiger partial charge in [0.1, 0.15) is 6.61 Å². The molecule has 0 aromatic carbocycles. The van der Waals surface area contributed by atoms with Gasteiger partial charge in [0.05, 0.1) is 5.69 Å². The van der Waals surface area contributed by atoms with Crippen molar-refractivity contribution in [1.29, 1.82) is 0 Å². The van der Waals surface area contributed by atoms with E-state index in [-0.39, 0.29) is 18.1 Å². The first kappa shape index (κ1) is 13.9. The minimum Gasteiger partial charge on any atom is -0.459 e. The van der Waals surface area contributed by atoms with Crippen LogP contribution in [0.4, 0.5) is 0 Å². The highest BCUT2D eigenvalue weighted by Gasteiger charge is 2.40. The monoisotopic (exact) mass is 318 g/mol. The van der Waals surface area contributed by atoms with E-state index in [0.717, 1.165) is 11.8 Å². The number of carbonyl (C=O) groups is 1. The van der Waals surface area contributed by atoms with Gasteiger partial charge in [0.15, 0.2) is 4.96 Å². The third-order valence-corrected chi connectivity index (χ3v) is 5.81. The van der Waals surface area contributed by atoms with Crippen LogP contribution >= 0.6 is 11.3 Å². The molecule has 116 valence electrons. The number of thiazole rings is 1. The third kappa shape index (κ3) is 2.56. The van der Waals surface area contributed by atoms with Gasteiger partial charge in [-0.15, -0.1) is 11.3 Å². The summed E-state index contributed by atoms with van der Waals surface area (Å²) in [5.74, 6) is 1.91. The molecule has 0 N–H and O–H groups in total. The van der Waals surface area contributed by atoms with E-state index in [1.165, 1.54) is 47.5 Å². The topological polar surface area (TPSA) is 60.7 Å². The Kier molecular flexibility index (Phi) is 3.48. The molecule has 2 saturated carbocycles. The fourth-order valence-corrected chi connectivity index (χ4v) is 4.75. The van der Waals surface area contributed by atoms with E-state index in [0.29, 0.717) is 23.0 Å². The lowest BCUT2D eigenvalue weighted by Gasteiger charge is -2.20. The normalized spacial score (nSPS) is 26.6. The maximum Gasteiger partial charge on any atom is 0.306 e. The van der Waals surface area contributed by atoms with Crippen LogP contribution in [0.15, 0.2) is 22.4 Å². The number of aromatic nitrogens is 2. The number of rotatable bonds is 4. The Morgan fingerprint density at radius 1 is 1.41 bits per heavy atom. The molecule has 2 fully saturated rings. The standard InChI is InChI=1S/C16H18N2O3S/c19-14-8-13(17-16-18(14)3-4-22-16)9-21-15(20)7-12-6-10-1-2-11(12)5-10/h3-4,8,10-12H,1-2,5-7,9H2/t10-,11+,12+/m0/s1. The summed E-state index contributed by atoms with van der Waals surface area (Å²) in [4.78, 5) is 28.8. The molecule has 6 heteroatoms. The molecular formula is C16H18N2O3S. The first-order valence-corrected chi connectivity index (χ1v) is 8.68. The van der Waals surface area contributed by atoms with Gasteiger partial charge in [-0.3, -0.25) is 14.0 Å². The van der Waals surface area contributed by atoms with Crippen LogP contribution in [0.2, 0.25) is 0 Å². The van der Waals surface area contributed by atoms with Crippen molar-refractivity contribution < 1.29 is 9.53 Å². The number of carbonyl (C=O) groups excluding carboxylic acids is 1. The lowest BCUT2D eigenvalue weighted by Crippen LogP contribution is -2.18. The molecule has 4 rings (SSSR count). The Labute approximate surface area is 131 Å². The van der Waals surface area contributed by atoms with Crippen LogP contribution < -0.4 is 5.56 Å². The summed E-state index contributed by atoms with van der Waals surface area (Å²) in [5.41, 5.74) is 0.388. The minimum atomic E-state index is -0.161. The summed E-state index contributed by atoms with van der Waals surface area (Å²) in [6.45, 7) is 0.0866. The molecule has 0 aliphatic heterocycles. The molecule has 5 nitrogen and oxygen atoms in total. The van der Waals surface area contributed by atoms with Crippen molar-refractivity contribution >= 4 is 22.3 Å². The van der Waals surface area contributed by atoms with Gasteiger partial charge in [0.25, 0.3) is 5.56 Å². The van der Waals surface area contributed by atoms with Gasteiger partial charge in [0, 0.05) is 24.1 Å². The molecule has 2 aromatic heterocycles. The zero-order valence-corrected chi connectivity index (χ0v) is 13.1. The first-order chi connectivity index (χ1) is 10.7. The fraction of sp³-hybridized carbons (Fsp3) is 0.562. The zero-order valence-electron chi connectivity index (χ0n) is 12.2. The molecule has 2 heterocycles. The van der Waals surface area contributed by atoms with Crippen LogP contribution in [0.1, 0.15) is 37.8 Å². The Morgan fingerprint density at radius 3 is 3.09 bits per heavy atom. The van der Waals surface area contributed by atoms with Crippen LogP contribution in [-0.4, -0.2) is 15.4 Å². The molecular weight excluding hydrogens is 300 g/mol. The number of nitrogens with zero attached hydrogens (tertiary/aromatic N) is 2. The van der Waals surface area contributed by atoms with Gasteiger partial charge in [-0.05, 0) is 37.0 Å². The maximum atomic E-state index is 12.0. The van der Waals surface area contributed by atoms with Crippen molar-refractivity contribution in [3.63, 3.8) is 0 Å². The van der Waals surface area contributed by atoms with E-state index in [2.05, 4.69) is 4.98 Å². The fourth-order valence-electron chi connectivity index (χ4n) is 4.02. The van der Waals surface area contributed by atoms with Crippen LogP contribution in [-0.2, 0) is 16.1 Å². The van der Waals surface area contributed by atoms with Crippen LogP contribution in [0.25, 0.3) is 4.96 Å². The van der Waals surface area contributed by atoms with Crippen molar-refractivity contribution in [3.05, 3.63) is 33.7 Å². The predicted molar refractivity (Wildman–Crippen MR) is 82.7 cm³/mol. The molecule has 2 bridgehead atoms.